The first kappa shape index (κ1) is 20.5. The molecular formula is C23H28FN5O. The van der Waals surface area contributed by atoms with Gasteiger partial charge in [0.05, 0.1) is 12.8 Å². The van der Waals surface area contributed by atoms with Crippen LogP contribution < -0.4 is 15.6 Å². The van der Waals surface area contributed by atoms with Gasteiger partial charge in [0, 0.05) is 43.0 Å². The molecule has 3 aromatic rings. The third kappa shape index (κ3) is 4.70. The Morgan fingerprint density at radius 1 is 1.17 bits per heavy atom. The van der Waals surface area contributed by atoms with Gasteiger partial charge in [0.25, 0.3) is 0 Å². The van der Waals surface area contributed by atoms with Gasteiger partial charge >= 0.3 is 0 Å². The average molecular weight is 410 g/mol. The van der Waals surface area contributed by atoms with E-state index in [1.165, 1.54) is 13.2 Å². The molecule has 1 fully saturated rings. The number of hydrazine groups is 1. The zero-order valence-corrected chi connectivity index (χ0v) is 17.4. The van der Waals surface area contributed by atoms with Gasteiger partial charge in [0.15, 0.2) is 0 Å². The summed E-state index contributed by atoms with van der Waals surface area (Å²) in [6.45, 7) is 3.67. The van der Waals surface area contributed by atoms with Crippen LogP contribution >= 0.6 is 0 Å². The molecule has 158 valence electrons. The normalized spacial score (nSPS) is 14.5. The Labute approximate surface area is 176 Å². The molecule has 0 unspecified atom stereocenters. The lowest BCUT2D eigenvalue weighted by Gasteiger charge is -2.18. The fourth-order valence-electron chi connectivity index (χ4n) is 3.76. The number of nitrogens with one attached hydrogen (secondary N) is 2. The number of nitrogens with zero attached hydrogens (tertiary/aromatic N) is 3. The number of hydrogen-bond donors (Lipinski definition) is 2. The van der Waals surface area contributed by atoms with Crippen molar-refractivity contribution in [3.05, 3.63) is 66.1 Å². The molecule has 0 bridgehead atoms. The van der Waals surface area contributed by atoms with Gasteiger partial charge in [-0.25, -0.2) is 9.07 Å². The summed E-state index contributed by atoms with van der Waals surface area (Å²) in [5.41, 5.74) is 9.45. The fraction of sp³-hybridized carbons (Fsp3) is 0.348. The Morgan fingerprint density at radius 2 is 1.93 bits per heavy atom. The molecule has 0 amide bonds. The Hall–Kier alpha value is -2.74. The molecule has 0 atom stereocenters. The molecule has 4 rings (SSSR count). The summed E-state index contributed by atoms with van der Waals surface area (Å²) in [5, 5.41) is 4.75. The third-order valence-electron chi connectivity index (χ3n) is 5.51. The maximum Gasteiger partial charge on any atom is 0.136 e. The van der Waals surface area contributed by atoms with E-state index in [-0.39, 0.29) is 5.82 Å². The van der Waals surface area contributed by atoms with Gasteiger partial charge in [-0.1, -0.05) is 18.2 Å². The van der Waals surface area contributed by atoms with Gasteiger partial charge in [-0.3, -0.25) is 10.9 Å². The van der Waals surface area contributed by atoms with E-state index in [9.17, 15) is 4.39 Å². The van der Waals surface area contributed by atoms with E-state index in [4.69, 9.17) is 9.84 Å². The molecule has 30 heavy (non-hydrogen) atoms. The molecule has 0 aliphatic carbocycles. The summed E-state index contributed by atoms with van der Waals surface area (Å²) in [4.78, 5) is 2.27. The smallest absolute Gasteiger partial charge is 0.136 e. The molecule has 1 aromatic heterocycles. The Bertz CT molecular complexity index is 969. The van der Waals surface area contributed by atoms with Gasteiger partial charge in [-0.05, 0) is 50.2 Å². The molecule has 0 saturated carbocycles. The highest BCUT2D eigenvalue weighted by Gasteiger charge is 2.19. The van der Waals surface area contributed by atoms with E-state index in [1.54, 1.807) is 12.1 Å². The van der Waals surface area contributed by atoms with E-state index in [0.29, 0.717) is 29.5 Å². The Morgan fingerprint density at radius 3 is 2.63 bits per heavy atom. The van der Waals surface area contributed by atoms with Crippen LogP contribution in [-0.2, 0) is 6.54 Å². The minimum absolute atomic E-state index is 0.334. The number of ether oxygens (including phenoxy) is 1. The van der Waals surface area contributed by atoms with Crippen molar-refractivity contribution < 1.29 is 9.13 Å². The van der Waals surface area contributed by atoms with Crippen molar-refractivity contribution in [3.8, 4) is 22.7 Å². The van der Waals surface area contributed by atoms with Gasteiger partial charge in [-0.15, -0.1) is 0 Å². The van der Waals surface area contributed by atoms with Crippen LogP contribution in [0.5, 0.6) is 5.75 Å². The highest BCUT2D eigenvalue weighted by Crippen LogP contribution is 2.29. The summed E-state index contributed by atoms with van der Waals surface area (Å²) in [7, 11) is 3.64. The first-order valence-corrected chi connectivity index (χ1v) is 10.3. The molecule has 1 aliphatic rings. The summed E-state index contributed by atoms with van der Waals surface area (Å²) in [6.07, 6.45) is 3.11. The highest BCUT2D eigenvalue weighted by atomic mass is 19.1. The fourth-order valence-corrected chi connectivity index (χ4v) is 3.76. The number of para-hydroxylation sites is 1. The van der Waals surface area contributed by atoms with Crippen molar-refractivity contribution in [3.63, 3.8) is 0 Å². The maximum absolute atomic E-state index is 14.8. The molecule has 2 aromatic carbocycles. The van der Waals surface area contributed by atoms with Crippen molar-refractivity contribution in [2.24, 2.45) is 5.92 Å². The molecule has 6 nitrogen and oxygen atoms in total. The Kier molecular flexibility index (Phi) is 6.42. The standard InChI is InChI=1S/C23H28FN5O/c1-28(11-10-17-13-25-26-14-17)15-18-16-29(19-6-4-3-5-7-19)27-23(18)21-9-8-20(30-2)12-22(21)24/h3-9,12,16-17,25-26H,10-11,13-15H2,1-2H3. The highest BCUT2D eigenvalue weighted by molar-refractivity contribution is 5.65. The van der Waals surface area contributed by atoms with Crippen molar-refractivity contribution in [2.75, 3.05) is 33.8 Å². The predicted molar refractivity (Wildman–Crippen MR) is 116 cm³/mol. The van der Waals surface area contributed by atoms with Gasteiger partial charge in [-0.2, -0.15) is 5.10 Å². The number of hydrogen-bond acceptors (Lipinski definition) is 5. The Balaban J connectivity index is 1.61. The summed E-state index contributed by atoms with van der Waals surface area (Å²) in [5.74, 6) is 0.800. The predicted octanol–water partition coefficient (Wildman–Crippen LogP) is 3.23. The van der Waals surface area contributed by atoms with Crippen LogP contribution in [0, 0.1) is 11.7 Å². The average Bonchev–Trinajstić information content (AvgIpc) is 3.43. The van der Waals surface area contributed by atoms with Crippen molar-refractivity contribution >= 4 is 0 Å². The molecule has 1 aliphatic heterocycles. The third-order valence-corrected chi connectivity index (χ3v) is 5.51. The monoisotopic (exact) mass is 409 g/mol. The van der Waals surface area contributed by atoms with Crippen LogP contribution in [0.25, 0.3) is 16.9 Å². The SMILES string of the molecule is COc1ccc(-c2nn(-c3ccccc3)cc2CN(C)CCC2CNNC2)c(F)c1. The number of benzene rings is 2. The lowest BCUT2D eigenvalue weighted by atomic mass is 10.1. The minimum Gasteiger partial charge on any atom is -0.497 e. The molecule has 7 heteroatoms. The van der Waals surface area contributed by atoms with E-state index in [0.717, 1.165) is 37.3 Å². The van der Waals surface area contributed by atoms with Gasteiger partial charge in [0.1, 0.15) is 17.3 Å². The van der Waals surface area contributed by atoms with Crippen molar-refractivity contribution in [1.82, 2.24) is 25.5 Å². The molecule has 0 spiro atoms. The number of aromatic nitrogens is 2. The number of rotatable bonds is 8. The molecule has 2 heterocycles. The largest absolute Gasteiger partial charge is 0.497 e. The minimum atomic E-state index is -0.334. The topological polar surface area (TPSA) is 54.4 Å². The van der Waals surface area contributed by atoms with E-state index >= 15 is 0 Å². The molecule has 1 saturated heterocycles. The first-order valence-electron chi connectivity index (χ1n) is 10.3. The lowest BCUT2D eigenvalue weighted by molar-refractivity contribution is 0.301. The lowest BCUT2D eigenvalue weighted by Crippen LogP contribution is -2.23. The van der Waals surface area contributed by atoms with Crippen LogP contribution in [0.15, 0.2) is 54.7 Å². The summed E-state index contributed by atoms with van der Waals surface area (Å²) < 4.78 is 21.8. The van der Waals surface area contributed by atoms with Crippen LogP contribution in [0.4, 0.5) is 4.39 Å². The van der Waals surface area contributed by atoms with E-state index in [1.807, 2.05) is 41.2 Å². The number of halogens is 1. The second-order valence-corrected chi connectivity index (χ2v) is 7.78. The van der Waals surface area contributed by atoms with Crippen molar-refractivity contribution in [1.29, 1.82) is 0 Å². The quantitative estimate of drug-likeness (QED) is 0.598. The summed E-state index contributed by atoms with van der Waals surface area (Å²) >= 11 is 0. The van der Waals surface area contributed by atoms with Crippen LogP contribution in [0.1, 0.15) is 12.0 Å². The van der Waals surface area contributed by atoms with E-state index in [2.05, 4.69) is 22.8 Å². The second-order valence-electron chi connectivity index (χ2n) is 7.78. The van der Waals surface area contributed by atoms with Gasteiger partial charge in [0.2, 0.25) is 0 Å². The van der Waals surface area contributed by atoms with E-state index < -0.39 is 0 Å². The van der Waals surface area contributed by atoms with Crippen LogP contribution in [-0.4, -0.2) is 48.5 Å². The van der Waals surface area contributed by atoms with Crippen LogP contribution in [0.2, 0.25) is 0 Å². The van der Waals surface area contributed by atoms with Crippen molar-refractivity contribution in [2.45, 2.75) is 13.0 Å². The van der Waals surface area contributed by atoms with Crippen LogP contribution in [0.3, 0.4) is 0 Å². The molecule has 2 N–H and O–H groups in total. The van der Waals surface area contributed by atoms with Gasteiger partial charge < -0.3 is 9.64 Å². The molecule has 0 radical (unpaired) electrons. The summed E-state index contributed by atoms with van der Waals surface area (Å²) in [6, 6.07) is 14.8. The zero-order chi connectivity index (χ0) is 20.9. The first-order chi connectivity index (χ1) is 14.6. The molecular weight excluding hydrogens is 381 g/mol. The second kappa shape index (κ2) is 9.38. The zero-order valence-electron chi connectivity index (χ0n) is 17.4. The maximum atomic E-state index is 14.8. The number of methoxy groups -OCH3 is 1.